The Hall–Kier alpha value is -0.0800. The van der Waals surface area contributed by atoms with Crippen LogP contribution in [0.1, 0.15) is 58.3 Å². The highest BCUT2D eigenvalue weighted by atomic mass is 15.1. The first kappa shape index (κ1) is 14.0. The first-order valence-electron chi connectivity index (χ1n) is 7.25. The molecule has 1 saturated carbocycles. The van der Waals surface area contributed by atoms with Crippen molar-refractivity contribution >= 4 is 0 Å². The molecule has 96 valence electrons. The van der Waals surface area contributed by atoms with E-state index in [1.807, 2.05) is 0 Å². The number of nitrogens with one attached hydrogen (secondary N) is 1. The summed E-state index contributed by atoms with van der Waals surface area (Å²) in [6, 6.07) is 0.922. The zero-order valence-electron chi connectivity index (χ0n) is 11.3. The molecule has 1 N–H and O–H groups in total. The Balaban J connectivity index is 1.77. The lowest BCUT2D eigenvalue weighted by Gasteiger charge is -2.34. The lowest BCUT2D eigenvalue weighted by Crippen LogP contribution is -2.37. The molecule has 0 amide bonds. The molecule has 16 heavy (non-hydrogen) atoms. The van der Waals surface area contributed by atoms with Gasteiger partial charge in [0.2, 0.25) is 0 Å². The van der Waals surface area contributed by atoms with E-state index in [0.29, 0.717) is 0 Å². The van der Waals surface area contributed by atoms with Gasteiger partial charge in [-0.1, -0.05) is 26.2 Å². The van der Waals surface area contributed by atoms with E-state index in [0.717, 1.165) is 6.04 Å². The number of rotatable bonds is 10. The summed E-state index contributed by atoms with van der Waals surface area (Å²) >= 11 is 0. The second-order valence-electron chi connectivity index (χ2n) is 5.23. The predicted octanol–water partition coefficient (Wildman–Crippen LogP) is 3.03. The largest absolute Gasteiger partial charge is 0.317 e. The summed E-state index contributed by atoms with van der Waals surface area (Å²) in [6.07, 6.45) is 11.1. The third kappa shape index (κ3) is 5.86. The van der Waals surface area contributed by atoms with Gasteiger partial charge < -0.3 is 10.2 Å². The van der Waals surface area contributed by atoms with E-state index in [-0.39, 0.29) is 0 Å². The molecule has 0 unspecified atom stereocenters. The molecule has 0 atom stereocenters. The highest BCUT2D eigenvalue weighted by Crippen LogP contribution is 2.23. The number of nitrogens with zero attached hydrogens (tertiary/aromatic N) is 1. The smallest absolute Gasteiger partial charge is 0.00922 e. The van der Waals surface area contributed by atoms with E-state index in [4.69, 9.17) is 0 Å². The van der Waals surface area contributed by atoms with E-state index in [1.165, 1.54) is 71.0 Å². The minimum atomic E-state index is 0.922. The van der Waals surface area contributed by atoms with Gasteiger partial charge in [-0.25, -0.2) is 0 Å². The fourth-order valence-corrected chi connectivity index (χ4v) is 2.28. The summed E-state index contributed by atoms with van der Waals surface area (Å²) in [7, 11) is 2.30. The summed E-state index contributed by atoms with van der Waals surface area (Å²) in [5.74, 6) is 0. The standard InChI is InChI=1S/C14H30N2/c1-3-11-15-12-6-4-5-7-13-16(2)14-9-8-10-14/h14-15H,3-13H2,1-2H3. The topological polar surface area (TPSA) is 15.3 Å². The van der Waals surface area contributed by atoms with Crippen LogP contribution in [0, 0.1) is 0 Å². The van der Waals surface area contributed by atoms with Crippen molar-refractivity contribution in [3.05, 3.63) is 0 Å². The van der Waals surface area contributed by atoms with Crippen LogP contribution < -0.4 is 5.32 Å². The monoisotopic (exact) mass is 226 g/mol. The molecule has 1 aliphatic carbocycles. The van der Waals surface area contributed by atoms with Gasteiger partial charge in [0, 0.05) is 6.04 Å². The normalized spacial score (nSPS) is 16.7. The quantitative estimate of drug-likeness (QED) is 0.576. The molecule has 1 rings (SSSR count). The third-order valence-corrected chi connectivity index (χ3v) is 3.74. The van der Waals surface area contributed by atoms with Gasteiger partial charge in [0.1, 0.15) is 0 Å². The SMILES string of the molecule is CCCNCCCCCCN(C)C1CCC1. The van der Waals surface area contributed by atoms with Crippen LogP contribution in [0.3, 0.4) is 0 Å². The minimum absolute atomic E-state index is 0.922. The van der Waals surface area contributed by atoms with Gasteiger partial charge in [0.05, 0.1) is 0 Å². The molecular formula is C14H30N2. The van der Waals surface area contributed by atoms with Crippen LogP contribution in [0.2, 0.25) is 0 Å². The molecule has 0 aromatic carbocycles. The van der Waals surface area contributed by atoms with E-state index >= 15 is 0 Å². The molecule has 1 aliphatic rings. The molecule has 0 bridgehead atoms. The van der Waals surface area contributed by atoms with E-state index in [1.54, 1.807) is 0 Å². The van der Waals surface area contributed by atoms with E-state index < -0.39 is 0 Å². The Labute approximate surface area is 102 Å². The molecule has 0 aromatic rings. The number of hydrogen-bond acceptors (Lipinski definition) is 2. The summed E-state index contributed by atoms with van der Waals surface area (Å²) < 4.78 is 0. The Bertz CT molecular complexity index is 155. The molecule has 0 radical (unpaired) electrons. The number of hydrogen-bond donors (Lipinski definition) is 1. The third-order valence-electron chi connectivity index (χ3n) is 3.74. The maximum Gasteiger partial charge on any atom is 0.00922 e. The summed E-state index contributed by atoms with van der Waals surface area (Å²) in [5.41, 5.74) is 0. The van der Waals surface area contributed by atoms with Crippen molar-refractivity contribution in [3.63, 3.8) is 0 Å². The van der Waals surface area contributed by atoms with Crippen molar-refractivity contribution in [1.29, 1.82) is 0 Å². The molecule has 0 aromatic heterocycles. The van der Waals surface area contributed by atoms with Gasteiger partial charge in [-0.05, 0) is 58.8 Å². The molecule has 0 aliphatic heterocycles. The molecule has 2 heteroatoms. The Morgan fingerprint density at radius 3 is 2.44 bits per heavy atom. The lowest BCUT2D eigenvalue weighted by atomic mass is 9.92. The van der Waals surface area contributed by atoms with Crippen molar-refractivity contribution < 1.29 is 0 Å². The Morgan fingerprint density at radius 2 is 1.81 bits per heavy atom. The maximum absolute atomic E-state index is 3.46. The van der Waals surface area contributed by atoms with Crippen LogP contribution in [-0.2, 0) is 0 Å². The Morgan fingerprint density at radius 1 is 1.06 bits per heavy atom. The first-order valence-corrected chi connectivity index (χ1v) is 7.25. The first-order chi connectivity index (χ1) is 7.84. The van der Waals surface area contributed by atoms with Gasteiger partial charge in [-0.2, -0.15) is 0 Å². The van der Waals surface area contributed by atoms with Crippen LogP contribution >= 0.6 is 0 Å². The second kappa shape index (κ2) is 9.00. The van der Waals surface area contributed by atoms with Gasteiger partial charge in [0.15, 0.2) is 0 Å². The lowest BCUT2D eigenvalue weighted by molar-refractivity contribution is 0.157. The molecule has 0 heterocycles. The zero-order chi connectivity index (χ0) is 11.6. The van der Waals surface area contributed by atoms with Crippen LogP contribution in [0.25, 0.3) is 0 Å². The maximum atomic E-state index is 3.46. The number of unbranched alkanes of at least 4 members (excludes halogenated alkanes) is 3. The molecule has 2 nitrogen and oxygen atoms in total. The zero-order valence-corrected chi connectivity index (χ0v) is 11.3. The van der Waals surface area contributed by atoms with Gasteiger partial charge >= 0.3 is 0 Å². The van der Waals surface area contributed by atoms with Crippen molar-refractivity contribution in [3.8, 4) is 0 Å². The van der Waals surface area contributed by atoms with Crippen molar-refractivity contribution in [2.75, 3.05) is 26.7 Å². The molecule has 1 fully saturated rings. The fraction of sp³-hybridized carbons (Fsp3) is 1.00. The van der Waals surface area contributed by atoms with Crippen LogP contribution in [0.5, 0.6) is 0 Å². The molecule has 0 saturated heterocycles. The van der Waals surface area contributed by atoms with Gasteiger partial charge in [0.25, 0.3) is 0 Å². The summed E-state index contributed by atoms with van der Waals surface area (Å²) in [4.78, 5) is 2.57. The van der Waals surface area contributed by atoms with Crippen LogP contribution in [0.4, 0.5) is 0 Å². The van der Waals surface area contributed by atoms with Crippen molar-refractivity contribution in [2.45, 2.75) is 64.3 Å². The average Bonchev–Trinajstić information content (AvgIpc) is 2.19. The van der Waals surface area contributed by atoms with E-state index in [9.17, 15) is 0 Å². The fourth-order valence-electron chi connectivity index (χ4n) is 2.28. The van der Waals surface area contributed by atoms with Crippen molar-refractivity contribution in [2.24, 2.45) is 0 Å². The second-order valence-corrected chi connectivity index (χ2v) is 5.23. The van der Waals surface area contributed by atoms with Gasteiger partial charge in [-0.3, -0.25) is 0 Å². The Kier molecular flexibility index (Phi) is 7.87. The molecule has 0 spiro atoms. The average molecular weight is 226 g/mol. The molecular weight excluding hydrogens is 196 g/mol. The predicted molar refractivity (Wildman–Crippen MR) is 71.9 cm³/mol. The summed E-state index contributed by atoms with van der Waals surface area (Å²) in [6.45, 7) is 5.94. The van der Waals surface area contributed by atoms with Crippen molar-refractivity contribution in [1.82, 2.24) is 10.2 Å². The highest BCUT2D eigenvalue weighted by molar-refractivity contribution is 4.77. The van der Waals surface area contributed by atoms with E-state index in [2.05, 4.69) is 24.2 Å². The van der Waals surface area contributed by atoms with Gasteiger partial charge in [-0.15, -0.1) is 0 Å². The minimum Gasteiger partial charge on any atom is -0.317 e. The summed E-state index contributed by atoms with van der Waals surface area (Å²) in [5, 5.41) is 3.46. The van der Waals surface area contributed by atoms with Crippen LogP contribution in [-0.4, -0.2) is 37.6 Å². The highest BCUT2D eigenvalue weighted by Gasteiger charge is 2.20. The van der Waals surface area contributed by atoms with Crippen LogP contribution in [0.15, 0.2) is 0 Å².